The molecule has 0 N–H and O–H groups in total. The number of hydrogen-bond acceptors (Lipinski definition) is 7. The summed E-state index contributed by atoms with van der Waals surface area (Å²) in [5, 5.41) is 11.8. The van der Waals surface area contributed by atoms with Crippen molar-refractivity contribution in [2.45, 2.75) is 65.2 Å². The van der Waals surface area contributed by atoms with Crippen molar-refractivity contribution in [1.82, 2.24) is 20.2 Å². The number of aryl methyl sites for hydroxylation is 2. The van der Waals surface area contributed by atoms with Crippen LogP contribution in [0.25, 0.3) is 0 Å². The SMILES string of the molecule is CCOC(=O)Cn1nnc(CCc2ccc(B3OC(C)(C)C(C)(C)O3)cc2F)n1. The van der Waals surface area contributed by atoms with Gasteiger partial charge in [-0.2, -0.15) is 4.80 Å². The number of benzene rings is 1. The second-order valence-electron chi connectivity index (χ2n) is 7.98. The molecule has 0 aliphatic carbocycles. The van der Waals surface area contributed by atoms with Gasteiger partial charge in [-0.3, -0.25) is 0 Å². The summed E-state index contributed by atoms with van der Waals surface area (Å²) in [6, 6.07) is 4.98. The van der Waals surface area contributed by atoms with E-state index in [-0.39, 0.29) is 12.4 Å². The van der Waals surface area contributed by atoms with Crippen molar-refractivity contribution in [2.24, 2.45) is 0 Å². The normalized spacial score (nSPS) is 17.5. The van der Waals surface area contributed by atoms with E-state index in [1.54, 1.807) is 13.0 Å². The lowest BCUT2D eigenvalue weighted by molar-refractivity contribution is -0.144. The lowest BCUT2D eigenvalue weighted by atomic mass is 9.78. The molecular formula is C19H26BFN4O4. The average Bonchev–Trinajstić information content (AvgIpc) is 3.15. The summed E-state index contributed by atoms with van der Waals surface area (Å²) in [6.07, 6.45) is 0.802. The minimum Gasteiger partial charge on any atom is -0.465 e. The monoisotopic (exact) mass is 404 g/mol. The van der Waals surface area contributed by atoms with Crippen molar-refractivity contribution < 1.29 is 23.2 Å². The summed E-state index contributed by atoms with van der Waals surface area (Å²) >= 11 is 0. The van der Waals surface area contributed by atoms with E-state index >= 15 is 0 Å². The maximum atomic E-state index is 14.6. The second kappa shape index (κ2) is 8.20. The summed E-state index contributed by atoms with van der Waals surface area (Å²) in [7, 11) is -0.604. The fourth-order valence-electron chi connectivity index (χ4n) is 2.90. The van der Waals surface area contributed by atoms with Crippen molar-refractivity contribution in [3.63, 3.8) is 0 Å². The van der Waals surface area contributed by atoms with Crippen LogP contribution in [-0.4, -0.2) is 51.1 Å². The van der Waals surface area contributed by atoms with E-state index in [2.05, 4.69) is 15.4 Å². The van der Waals surface area contributed by atoms with Gasteiger partial charge in [-0.1, -0.05) is 12.1 Å². The van der Waals surface area contributed by atoms with Gasteiger partial charge in [0.25, 0.3) is 0 Å². The van der Waals surface area contributed by atoms with E-state index in [0.29, 0.717) is 36.3 Å². The number of hydrogen-bond donors (Lipinski definition) is 0. The molecule has 0 unspecified atom stereocenters. The molecule has 0 bridgehead atoms. The largest absolute Gasteiger partial charge is 0.494 e. The van der Waals surface area contributed by atoms with Crippen LogP contribution in [0.4, 0.5) is 4.39 Å². The molecule has 0 radical (unpaired) electrons. The van der Waals surface area contributed by atoms with E-state index in [1.807, 2.05) is 33.8 Å². The van der Waals surface area contributed by atoms with E-state index in [4.69, 9.17) is 14.0 Å². The highest BCUT2D eigenvalue weighted by Crippen LogP contribution is 2.36. The number of aromatic nitrogens is 4. The number of esters is 1. The minimum absolute atomic E-state index is 0.0992. The van der Waals surface area contributed by atoms with Crippen molar-refractivity contribution >= 4 is 18.6 Å². The molecule has 10 heteroatoms. The van der Waals surface area contributed by atoms with E-state index in [0.717, 1.165) is 0 Å². The van der Waals surface area contributed by atoms with Crippen LogP contribution >= 0.6 is 0 Å². The third-order valence-electron chi connectivity index (χ3n) is 5.29. The lowest BCUT2D eigenvalue weighted by Crippen LogP contribution is -2.41. The number of tetrazole rings is 1. The summed E-state index contributed by atoms with van der Waals surface area (Å²) in [4.78, 5) is 12.6. The maximum Gasteiger partial charge on any atom is 0.494 e. The zero-order valence-electron chi connectivity index (χ0n) is 17.4. The number of nitrogens with zero attached hydrogens (tertiary/aromatic N) is 4. The van der Waals surface area contributed by atoms with Crippen LogP contribution in [0.3, 0.4) is 0 Å². The Morgan fingerprint density at radius 3 is 2.52 bits per heavy atom. The molecule has 0 atom stereocenters. The lowest BCUT2D eigenvalue weighted by Gasteiger charge is -2.32. The molecule has 1 fully saturated rings. The Labute approximate surface area is 169 Å². The van der Waals surface area contributed by atoms with Crippen molar-refractivity contribution in [3.8, 4) is 0 Å². The summed E-state index contributed by atoms with van der Waals surface area (Å²) in [5.74, 6) is -0.333. The Morgan fingerprint density at radius 1 is 1.21 bits per heavy atom. The van der Waals surface area contributed by atoms with Gasteiger partial charge >= 0.3 is 13.1 Å². The standard InChI is InChI=1S/C19H26BFN4O4/c1-6-27-17(26)12-25-23-16(22-24-25)10-8-13-7-9-14(11-15(13)21)20-28-18(2,3)19(4,5)29-20/h7,9,11H,6,8,10,12H2,1-5H3. The molecule has 1 aromatic carbocycles. The van der Waals surface area contributed by atoms with E-state index in [9.17, 15) is 9.18 Å². The molecule has 1 aliphatic rings. The smallest absolute Gasteiger partial charge is 0.465 e. The first-order valence-corrected chi connectivity index (χ1v) is 9.67. The van der Waals surface area contributed by atoms with Gasteiger partial charge in [0.05, 0.1) is 17.8 Å². The molecule has 0 spiro atoms. The zero-order valence-corrected chi connectivity index (χ0v) is 17.4. The number of rotatable bonds is 7. The molecule has 29 heavy (non-hydrogen) atoms. The maximum absolute atomic E-state index is 14.6. The van der Waals surface area contributed by atoms with Crippen LogP contribution in [-0.2, 0) is 38.2 Å². The summed E-state index contributed by atoms with van der Waals surface area (Å²) in [5.41, 5.74) is 0.220. The molecule has 2 aromatic rings. The Morgan fingerprint density at radius 2 is 1.90 bits per heavy atom. The first kappa shape index (κ1) is 21.4. The van der Waals surface area contributed by atoms with Gasteiger partial charge in [0, 0.05) is 6.42 Å². The second-order valence-corrected chi connectivity index (χ2v) is 7.98. The third-order valence-corrected chi connectivity index (χ3v) is 5.29. The Bertz CT molecular complexity index is 871. The van der Waals surface area contributed by atoms with Crippen LogP contribution in [0.5, 0.6) is 0 Å². The molecule has 2 heterocycles. The number of halogens is 1. The molecule has 0 saturated carbocycles. The first-order chi connectivity index (χ1) is 13.6. The Balaban J connectivity index is 1.61. The molecule has 156 valence electrons. The minimum atomic E-state index is -0.604. The molecule has 1 saturated heterocycles. The summed E-state index contributed by atoms with van der Waals surface area (Å²) < 4.78 is 31.4. The van der Waals surface area contributed by atoms with Gasteiger partial charge in [-0.05, 0) is 63.3 Å². The van der Waals surface area contributed by atoms with Gasteiger partial charge in [-0.15, -0.1) is 10.2 Å². The van der Waals surface area contributed by atoms with E-state index in [1.165, 1.54) is 10.9 Å². The highest BCUT2D eigenvalue weighted by Gasteiger charge is 2.51. The summed E-state index contributed by atoms with van der Waals surface area (Å²) in [6.45, 7) is 9.75. The predicted octanol–water partition coefficient (Wildman–Crippen LogP) is 1.46. The zero-order chi connectivity index (χ0) is 21.2. The molecule has 0 amide bonds. The molecule has 3 rings (SSSR count). The fourth-order valence-corrected chi connectivity index (χ4v) is 2.90. The van der Waals surface area contributed by atoms with Gasteiger partial charge < -0.3 is 14.0 Å². The van der Waals surface area contributed by atoms with Crippen LogP contribution in [0.2, 0.25) is 0 Å². The number of ether oxygens (including phenoxy) is 1. The predicted molar refractivity (Wildman–Crippen MR) is 104 cm³/mol. The number of carbonyl (C=O) groups excluding carboxylic acids is 1. The van der Waals surface area contributed by atoms with Gasteiger partial charge in [-0.25, -0.2) is 9.18 Å². The van der Waals surface area contributed by atoms with Crippen molar-refractivity contribution in [3.05, 3.63) is 35.4 Å². The Hall–Kier alpha value is -2.33. The van der Waals surface area contributed by atoms with Crippen LogP contribution in [0.15, 0.2) is 18.2 Å². The highest BCUT2D eigenvalue weighted by molar-refractivity contribution is 6.62. The molecule has 1 aliphatic heterocycles. The topological polar surface area (TPSA) is 88.4 Å². The van der Waals surface area contributed by atoms with Crippen LogP contribution in [0, 0.1) is 5.82 Å². The van der Waals surface area contributed by atoms with E-state index < -0.39 is 24.3 Å². The first-order valence-electron chi connectivity index (χ1n) is 9.67. The van der Waals surface area contributed by atoms with Crippen LogP contribution < -0.4 is 5.46 Å². The molecule has 8 nitrogen and oxygen atoms in total. The number of carbonyl (C=O) groups is 1. The average molecular weight is 404 g/mol. The third kappa shape index (κ3) is 4.81. The highest BCUT2D eigenvalue weighted by atomic mass is 19.1. The molecule has 1 aromatic heterocycles. The quantitative estimate of drug-likeness (QED) is 0.510. The van der Waals surface area contributed by atoms with Crippen molar-refractivity contribution in [1.29, 1.82) is 0 Å². The van der Waals surface area contributed by atoms with Crippen molar-refractivity contribution in [2.75, 3.05) is 6.61 Å². The van der Waals surface area contributed by atoms with Gasteiger partial charge in [0.2, 0.25) is 0 Å². The van der Waals surface area contributed by atoms with Crippen LogP contribution in [0.1, 0.15) is 46.0 Å². The fraction of sp³-hybridized carbons (Fsp3) is 0.579. The van der Waals surface area contributed by atoms with Gasteiger partial charge in [0.15, 0.2) is 12.4 Å². The van der Waals surface area contributed by atoms with Gasteiger partial charge in [0.1, 0.15) is 5.82 Å². The Kier molecular flexibility index (Phi) is 6.04. The molecular weight excluding hydrogens is 378 g/mol.